The van der Waals surface area contributed by atoms with Gasteiger partial charge in [-0.3, -0.25) is 0 Å². The maximum absolute atomic E-state index is 9.37. The SMILES string of the molecule is O=C=NCCC[Si]. The first kappa shape index (κ1) is 6.60. The molecule has 3 radical (unpaired) electrons. The number of hydrogen-bond acceptors (Lipinski definition) is 2. The minimum Gasteiger partial charge on any atom is -0.211 e. The first-order valence-corrected chi connectivity index (χ1v) is 2.80. The van der Waals surface area contributed by atoms with Crippen molar-refractivity contribution in [3.63, 3.8) is 0 Å². The molecule has 0 atom stereocenters. The van der Waals surface area contributed by atoms with Crippen molar-refractivity contribution in [3.8, 4) is 0 Å². The summed E-state index contributed by atoms with van der Waals surface area (Å²) in [5.74, 6) is 0. The summed E-state index contributed by atoms with van der Waals surface area (Å²) < 4.78 is 0. The number of nitrogens with zero attached hydrogens (tertiary/aromatic N) is 1. The van der Waals surface area contributed by atoms with Crippen LogP contribution in [-0.2, 0) is 4.79 Å². The molecule has 7 heavy (non-hydrogen) atoms. The van der Waals surface area contributed by atoms with Crippen molar-refractivity contribution < 1.29 is 4.79 Å². The van der Waals surface area contributed by atoms with Crippen LogP contribution >= 0.6 is 0 Å². The molecule has 0 aromatic carbocycles. The molecule has 0 fully saturated rings. The molecule has 2 nitrogen and oxygen atoms in total. The van der Waals surface area contributed by atoms with E-state index < -0.39 is 0 Å². The van der Waals surface area contributed by atoms with E-state index in [0.29, 0.717) is 6.54 Å². The lowest BCUT2D eigenvalue weighted by atomic mass is 10.5. The molecule has 0 unspecified atom stereocenters. The molecule has 0 aromatic rings. The van der Waals surface area contributed by atoms with Gasteiger partial charge in [-0.05, 0) is 6.42 Å². The van der Waals surface area contributed by atoms with Gasteiger partial charge in [0.2, 0.25) is 6.08 Å². The van der Waals surface area contributed by atoms with Crippen LogP contribution in [0, 0.1) is 0 Å². The molecular formula is C4H6NOSi. The molecule has 0 spiro atoms. The van der Waals surface area contributed by atoms with E-state index in [9.17, 15) is 4.79 Å². The summed E-state index contributed by atoms with van der Waals surface area (Å²) in [7, 11) is 3.23. The normalized spacial score (nSPS) is 7.57. The van der Waals surface area contributed by atoms with Crippen LogP contribution in [-0.4, -0.2) is 22.9 Å². The Balaban J connectivity index is 2.83. The lowest BCUT2D eigenvalue weighted by molar-refractivity contribution is 0.562. The highest BCUT2D eigenvalue weighted by Gasteiger charge is 1.74. The number of hydrogen-bond donors (Lipinski definition) is 0. The fraction of sp³-hybridized carbons (Fsp3) is 0.750. The van der Waals surface area contributed by atoms with Crippen molar-refractivity contribution in [2.45, 2.75) is 12.5 Å². The number of aliphatic imine (C=N–C) groups is 1. The first-order chi connectivity index (χ1) is 3.41. The molecule has 0 aliphatic heterocycles. The molecule has 0 saturated heterocycles. The quantitative estimate of drug-likeness (QED) is 0.223. The van der Waals surface area contributed by atoms with Crippen LogP contribution in [0.3, 0.4) is 0 Å². The van der Waals surface area contributed by atoms with E-state index in [1.54, 1.807) is 0 Å². The zero-order valence-corrected chi connectivity index (χ0v) is 4.98. The molecule has 0 bridgehead atoms. The average molecular weight is 112 g/mol. The van der Waals surface area contributed by atoms with Gasteiger partial charge in [-0.1, -0.05) is 6.04 Å². The highest BCUT2D eigenvalue weighted by molar-refractivity contribution is 6.08. The van der Waals surface area contributed by atoms with Gasteiger partial charge in [0.05, 0.1) is 6.54 Å². The first-order valence-electron chi connectivity index (χ1n) is 2.10. The molecule has 0 amide bonds. The van der Waals surface area contributed by atoms with E-state index in [1.807, 2.05) is 0 Å². The van der Waals surface area contributed by atoms with E-state index in [-0.39, 0.29) is 0 Å². The van der Waals surface area contributed by atoms with Gasteiger partial charge < -0.3 is 0 Å². The van der Waals surface area contributed by atoms with E-state index >= 15 is 0 Å². The number of rotatable bonds is 3. The lowest BCUT2D eigenvalue weighted by Gasteiger charge is -1.80. The van der Waals surface area contributed by atoms with Crippen molar-refractivity contribution in [2.24, 2.45) is 4.99 Å². The lowest BCUT2D eigenvalue weighted by Crippen LogP contribution is -1.76. The van der Waals surface area contributed by atoms with Crippen LogP contribution in [0.15, 0.2) is 4.99 Å². The van der Waals surface area contributed by atoms with Crippen LogP contribution in [0.4, 0.5) is 0 Å². The van der Waals surface area contributed by atoms with Crippen molar-refractivity contribution in [1.29, 1.82) is 0 Å². The zero-order valence-electron chi connectivity index (χ0n) is 3.98. The highest BCUT2D eigenvalue weighted by Crippen LogP contribution is 1.81. The fourth-order valence-corrected chi connectivity index (χ4v) is 0.362. The largest absolute Gasteiger partial charge is 0.234 e. The third-order valence-corrected chi connectivity index (χ3v) is 0.865. The van der Waals surface area contributed by atoms with Gasteiger partial charge >= 0.3 is 0 Å². The molecule has 0 saturated carbocycles. The smallest absolute Gasteiger partial charge is 0.211 e. The Bertz CT molecular complexity index is 77.8. The van der Waals surface area contributed by atoms with Crippen molar-refractivity contribution in [1.82, 2.24) is 0 Å². The molecule has 0 aliphatic carbocycles. The maximum Gasteiger partial charge on any atom is 0.234 e. The molecule has 3 heteroatoms. The molecule has 0 aromatic heterocycles. The van der Waals surface area contributed by atoms with Gasteiger partial charge in [0, 0.05) is 10.2 Å². The van der Waals surface area contributed by atoms with E-state index in [0.717, 1.165) is 12.5 Å². The van der Waals surface area contributed by atoms with Crippen LogP contribution < -0.4 is 0 Å². The highest BCUT2D eigenvalue weighted by atomic mass is 28.1. The van der Waals surface area contributed by atoms with Gasteiger partial charge in [0.25, 0.3) is 0 Å². The Morgan fingerprint density at radius 3 is 2.86 bits per heavy atom. The third kappa shape index (κ3) is 5.60. The Labute approximate surface area is 46.1 Å². The standard InChI is InChI=1S/C4H6NOSi/c6-4-5-2-1-3-7/h1-3H2. The van der Waals surface area contributed by atoms with Crippen molar-refractivity contribution in [3.05, 3.63) is 0 Å². The molecule has 0 rings (SSSR count). The Hall–Kier alpha value is -0.403. The Kier molecular flexibility index (Phi) is 5.27. The van der Waals surface area contributed by atoms with E-state index in [4.69, 9.17) is 0 Å². The van der Waals surface area contributed by atoms with E-state index in [2.05, 4.69) is 15.2 Å². The van der Waals surface area contributed by atoms with Crippen LogP contribution in [0.1, 0.15) is 6.42 Å². The second-order valence-electron chi connectivity index (χ2n) is 1.08. The Morgan fingerprint density at radius 1 is 1.71 bits per heavy atom. The van der Waals surface area contributed by atoms with Gasteiger partial charge in [0.1, 0.15) is 0 Å². The van der Waals surface area contributed by atoms with Crippen molar-refractivity contribution in [2.75, 3.05) is 6.54 Å². The van der Waals surface area contributed by atoms with Gasteiger partial charge in [-0.25, -0.2) is 9.79 Å². The summed E-state index contributed by atoms with van der Waals surface area (Å²) in [6, 6.07) is 0.894. The topological polar surface area (TPSA) is 29.4 Å². The number of isocyanates is 1. The summed E-state index contributed by atoms with van der Waals surface area (Å²) in [5, 5.41) is 0. The average Bonchev–Trinajstić information content (AvgIpc) is 1.69. The molecule has 0 aliphatic rings. The van der Waals surface area contributed by atoms with Gasteiger partial charge in [-0.15, -0.1) is 0 Å². The summed E-state index contributed by atoms with van der Waals surface area (Å²) >= 11 is 0. The molecular weight excluding hydrogens is 106 g/mol. The minimum atomic E-state index is 0.590. The van der Waals surface area contributed by atoms with Crippen LogP contribution in [0.5, 0.6) is 0 Å². The second-order valence-corrected chi connectivity index (χ2v) is 1.58. The second kappa shape index (κ2) is 5.60. The summed E-state index contributed by atoms with van der Waals surface area (Å²) in [4.78, 5) is 12.7. The minimum absolute atomic E-state index is 0.590. The van der Waals surface area contributed by atoms with Crippen molar-refractivity contribution >= 4 is 16.3 Å². The number of carbonyl (C=O) groups excluding carboxylic acids is 1. The predicted molar refractivity (Wildman–Crippen MR) is 28.2 cm³/mol. The summed E-state index contributed by atoms with van der Waals surface area (Å²) in [6.07, 6.45) is 2.36. The molecule has 0 heterocycles. The maximum atomic E-state index is 9.37. The van der Waals surface area contributed by atoms with E-state index in [1.165, 1.54) is 6.08 Å². The van der Waals surface area contributed by atoms with Crippen LogP contribution in [0.25, 0.3) is 0 Å². The monoisotopic (exact) mass is 112 g/mol. The summed E-state index contributed by atoms with van der Waals surface area (Å²) in [6.45, 7) is 0.590. The van der Waals surface area contributed by atoms with Crippen LogP contribution in [0.2, 0.25) is 6.04 Å². The molecule has 37 valence electrons. The fourth-order valence-electron chi connectivity index (χ4n) is 0.204. The van der Waals surface area contributed by atoms with Gasteiger partial charge in [0.15, 0.2) is 0 Å². The summed E-state index contributed by atoms with van der Waals surface area (Å²) in [5.41, 5.74) is 0. The van der Waals surface area contributed by atoms with Gasteiger partial charge in [-0.2, -0.15) is 0 Å². The Morgan fingerprint density at radius 2 is 2.43 bits per heavy atom. The zero-order chi connectivity index (χ0) is 5.54. The molecule has 0 N–H and O–H groups in total. The predicted octanol–water partition coefficient (Wildman–Crippen LogP) is 0.299. The third-order valence-electron chi connectivity index (χ3n) is 0.511.